The van der Waals surface area contributed by atoms with Crippen LogP contribution in [0.1, 0.15) is 23.2 Å². The van der Waals surface area contributed by atoms with Crippen molar-refractivity contribution in [1.82, 2.24) is 0 Å². The van der Waals surface area contributed by atoms with Gasteiger partial charge in [0.15, 0.2) is 6.61 Å². The molecule has 3 amide bonds. The normalized spacial score (nSPS) is 13.5. The van der Waals surface area contributed by atoms with Crippen LogP contribution in [0.3, 0.4) is 0 Å². The highest BCUT2D eigenvalue weighted by Crippen LogP contribution is 2.32. The second-order valence-corrected chi connectivity index (χ2v) is 6.43. The molecular weight excluding hydrogens is 370 g/mol. The van der Waals surface area contributed by atoms with Crippen LogP contribution >= 0.6 is 11.6 Å². The fourth-order valence-electron chi connectivity index (χ4n) is 2.83. The summed E-state index contributed by atoms with van der Waals surface area (Å²) < 4.78 is 5.27. The number of halogens is 1. The van der Waals surface area contributed by atoms with Crippen molar-refractivity contribution in [2.45, 2.75) is 12.8 Å². The van der Waals surface area contributed by atoms with Gasteiger partial charge in [0.05, 0.1) is 16.3 Å². The van der Waals surface area contributed by atoms with E-state index in [4.69, 9.17) is 22.1 Å². The Labute approximate surface area is 161 Å². The standard InChI is InChI=1S/C19H18ClN3O4/c20-14-10-12(7-8-15(14)23-9-3-6-18(23)25)22-19(26)13-4-1-2-5-16(13)27-11-17(21)24/h1-2,4-5,7-8,10H,3,6,9,11H2,(H2,21,24)(H,22,26). The number of benzene rings is 2. The average molecular weight is 388 g/mol. The third-order valence-electron chi connectivity index (χ3n) is 4.07. The van der Waals surface area contributed by atoms with Gasteiger partial charge in [-0.15, -0.1) is 0 Å². The zero-order chi connectivity index (χ0) is 19.4. The number of rotatable bonds is 6. The number of para-hydroxylation sites is 1. The van der Waals surface area contributed by atoms with Gasteiger partial charge in [-0.25, -0.2) is 0 Å². The van der Waals surface area contributed by atoms with Gasteiger partial charge < -0.3 is 20.7 Å². The maximum absolute atomic E-state index is 12.6. The molecule has 8 heteroatoms. The molecule has 1 saturated heterocycles. The minimum absolute atomic E-state index is 0.0363. The van der Waals surface area contributed by atoms with Gasteiger partial charge in [0.2, 0.25) is 5.91 Å². The number of nitrogens with zero attached hydrogens (tertiary/aromatic N) is 1. The van der Waals surface area contributed by atoms with E-state index in [-0.39, 0.29) is 23.8 Å². The van der Waals surface area contributed by atoms with Crippen molar-refractivity contribution in [2.24, 2.45) is 5.73 Å². The quantitative estimate of drug-likeness (QED) is 0.795. The Morgan fingerprint density at radius 3 is 2.67 bits per heavy atom. The Balaban J connectivity index is 1.76. The molecule has 1 aliphatic rings. The lowest BCUT2D eigenvalue weighted by molar-refractivity contribution is -0.120. The third-order valence-corrected chi connectivity index (χ3v) is 4.37. The summed E-state index contributed by atoms with van der Waals surface area (Å²) in [6.07, 6.45) is 1.31. The molecule has 0 unspecified atom stereocenters. The molecule has 27 heavy (non-hydrogen) atoms. The summed E-state index contributed by atoms with van der Waals surface area (Å²) in [4.78, 5) is 37.0. The number of carbonyl (C=O) groups excluding carboxylic acids is 3. The molecule has 1 fully saturated rings. The average Bonchev–Trinajstić information content (AvgIpc) is 3.06. The lowest BCUT2D eigenvalue weighted by atomic mass is 10.1. The van der Waals surface area contributed by atoms with Crippen molar-refractivity contribution in [1.29, 1.82) is 0 Å². The van der Waals surface area contributed by atoms with Crippen LogP contribution in [0, 0.1) is 0 Å². The van der Waals surface area contributed by atoms with Crippen LogP contribution in [-0.2, 0) is 9.59 Å². The van der Waals surface area contributed by atoms with Crippen molar-refractivity contribution in [3.8, 4) is 5.75 Å². The highest BCUT2D eigenvalue weighted by atomic mass is 35.5. The fourth-order valence-corrected chi connectivity index (χ4v) is 3.12. The number of nitrogens with two attached hydrogens (primary N) is 1. The Hall–Kier alpha value is -3.06. The van der Waals surface area contributed by atoms with Gasteiger partial charge in [-0.3, -0.25) is 14.4 Å². The van der Waals surface area contributed by atoms with Crippen molar-refractivity contribution < 1.29 is 19.1 Å². The first-order chi connectivity index (χ1) is 13.0. The topological polar surface area (TPSA) is 102 Å². The second kappa shape index (κ2) is 8.09. The second-order valence-electron chi connectivity index (χ2n) is 6.02. The monoisotopic (exact) mass is 387 g/mol. The van der Waals surface area contributed by atoms with E-state index in [9.17, 15) is 14.4 Å². The first-order valence-electron chi connectivity index (χ1n) is 8.37. The molecule has 0 atom stereocenters. The minimum atomic E-state index is -0.635. The highest BCUT2D eigenvalue weighted by Gasteiger charge is 2.23. The van der Waals surface area contributed by atoms with Crippen molar-refractivity contribution in [3.63, 3.8) is 0 Å². The molecule has 140 valence electrons. The van der Waals surface area contributed by atoms with E-state index in [2.05, 4.69) is 5.32 Å². The van der Waals surface area contributed by atoms with Crippen LogP contribution < -0.4 is 20.7 Å². The van der Waals surface area contributed by atoms with E-state index in [1.165, 1.54) is 0 Å². The molecule has 0 saturated carbocycles. The summed E-state index contributed by atoms with van der Waals surface area (Å²) in [5.41, 5.74) is 6.44. The number of hydrogen-bond acceptors (Lipinski definition) is 4. The molecule has 0 aromatic heterocycles. The van der Waals surface area contributed by atoms with Crippen LogP contribution in [0.4, 0.5) is 11.4 Å². The van der Waals surface area contributed by atoms with Crippen LogP contribution in [0.25, 0.3) is 0 Å². The molecule has 0 bridgehead atoms. The number of hydrogen-bond donors (Lipinski definition) is 2. The molecule has 0 aliphatic carbocycles. The lowest BCUT2D eigenvalue weighted by Gasteiger charge is -2.18. The zero-order valence-electron chi connectivity index (χ0n) is 14.4. The van der Waals surface area contributed by atoms with Crippen molar-refractivity contribution >= 4 is 40.7 Å². The van der Waals surface area contributed by atoms with Crippen molar-refractivity contribution in [2.75, 3.05) is 23.4 Å². The number of carbonyl (C=O) groups is 3. The molecule has 0 spiro atoms. The number of amides is 3. The smallest absolute Gasteiger partial charge is 0.259 e. The molecule has 3 N–H and O–H groups in total. The van der Waals surface area contributed by atoms with Crippen LogP contribution in [0.5, 0.6) is 5.75 Å². The first kappa shape index (κ1) is 18.7. The van der Waals surface area contributed by atoms with Gasteiger partial charge in [0.1, 0.15) is 5.75 Å². The summed E-state index contributed by atoms with van der Waals surface area (Å²) in [6.45, 7) is 0.309. The molecule has 7 nitrogen and oxygen atoms in total. The van der Waals surface area contributed by atoms with Gasteiger partial charge in [-0.05, 0) is 36.8 Å². The molecule has 3 rings (SSSR count). The summed E-state index contributed by atoms with van der Waals surface area (Å²) in [6, 6.07) is 11.5. The molecule has 1 heterocycles. The van der Waals surface area contributed by atoms with Gasteiger partial charge >= 0.3 is 0 Å². The SMILES string of the molecule is NC(=O)COc1ccccc1C(=O)Nc1ccc(N2CCCC2=O)c(Cl)c1. The summed E-state index contributed by atoms with van der Waals surface area (Å²) >= 11 is 6.30. The number of nitrogens with one attached hydrogen (secondary N) is 1. The van der Waals surface area contributed by atoms with E-state index in [0.717, 1.165) is 6.42 Å². The molecular formula is C19H18ClN3O4. The van der Waals surface area contributed by atoms with E-state index in [1.807, 2.05) is 0 Å². The number of ether oxygens (including phenoxy) is 1. The van der Waals surface area contributed by atoms with E-state index in [0.29, 0.717) is 29.4 Å². The number of anilines is 2. The predicted molar refractivity (Wildman–Crippen MR) is 102 cm³/mol. The minimum Gasteiger partial charge on any atom is -0.483 e. The van der Waals surface area contributed by atoms with Gasteiger partial charge in [-0.2, -0.15) is 0 Å². The largest absolute Gasteiger partial charge is 0.483 e. The summed E-state index contributed by atoms with van der Waals surface area (Å²) in [5.74, 6) is -0.770. The zero-order valence-corrected chi connectivity index (χ0v) is 15.2. The first-order valence-corrected chi connectivity index (χ1v) is 8.75. The molecule has 0 radical (unpaired) electrons. The summed E-state index contributed by atoms with van der Waals surface area (Å²) in [7, 11) is 0. The fraction of sp³-hybridized carbons (Fsp3) is 0.211. The molecule has 1 aliphatic heterocycles. The maximum Gasteiger partial charge on any atom is 0.259 e. The van der Waals surface area contributed by atoms with E-state index < -0.39 is 11.8 Å². The molecule has 2 aromatic carbocycles. The van der Waals surface area contributed by atoms with Crippen LogP contribution in [0.15, 0.2) is 42.5 Å². The van der Waals surface area contributed by atoms with Crippen LogP contribution in [0.2, 0.25) is 5.02 Å². The van der Waals surface area contributed by atoms with Gasteiger partial charge in [-0.1, -0.05) is 23.7 Å². The third kappa shape index (κ3) is 4.38. The molecule has 2 aromatic rings. The van der Waals surface area contributed by atoms with Gasteiger partial charge in [0.25, 0.3) is 11.8 Å². The number of primary amides is 1. The maximum atomic E-state index is 12.6. The lowest BCUT2D eigenvalue weighted by Crippen LogP contribution is -2.24. The highest BCUT2D eigenvalue weighted by molar-refractivity contribution is 6.34. The van der Waals surface area contributed by atoms with Gasteiger partial charge in [0, 0.05) is 18.7 Å². The summed E-state index contributed by atoms with van der Waals surface area (Å²) in [5, 5.41) is 3.11. The van der Waals surface area contributed by atoms with E-state index in [1.54, 1.807) is 47.4 Å². The Kier molecular flexibility index (Phi) is 5.61. The van der Waals surface area contributed by atoms with Crippen molar-refractivity contribution in [3.05, 3.63) is 53.1 Å². The predicted octanol–water partition coefficient (Wildman–Crippen LogP) is 2.58. The Morgan fingerprint density at radius 2 is 2.00 bits per heavy atom. The Bertz CT molecular complexity index is 900. The van der Waals surface area contributed by atoms with Crippen LogP contribution in [-0.4, -0.2) is 30.9 Å². The Morgan fingerprint density at radius 1 is 1.22 bits per heavy atom. The van der Waals surface area contributed by atoms with E-state index >= 15 is 0 Å².